The van der Waals surface area contributed by atoms with E-state index in [1.165, 1.54) is 0 Å². The lowest BCUT2D eigenvalue weighted by Crippen LogP contribution is -2.37. The maximum absolute atomic E-state index is 10.7. The Kier molecular flexibility index (Phi) is 2.68. The van der Waals surface area contributed by atoms with Crippen LogP contribution in [0.5, 0.6) is 0 Å². The van der Waals surface area contributed by atoms with Crippen molar-refractivity contribution in [2.24, 2.45) is 0 Å². The first kappa shape index (κ1) is 10.1. The Hall–Kier alpha value is -1.42. The molecule has 0 amide bonds. The third kappa shape index (κ3) is 1.99. The van der Waals surface area contributed by atoms with E-state index in [9.17, 15) is 4.79 Å². The quantitative estimate of drug-likeness (QED) is 0.805. The minimum absolute atomic E-state index is 0.00895. The van der Waals surface area contributed by atoms with Crippen LogP contribution >= 0.6 is 11.6 Å². The first-order valence-electron chi connectivity index (χ1n) is 4.67. The van der Waals surface area contributed by atoms with Gasteiger partial charge in [-0.05, 0) is 12.1 Å². The minimum Gasteiger partial charge on any atom is -0.480 e. The number of carbonyl (C=O) groups is 1. The van der Waals surface area contributed by atoms with Crippen molar-refractivity contribution in [3.05, 3.63) is 23.2 Å². The van der Waals surface area contributed by atoms with E-state index in [1.807, 2.05) is 12.1 Å². The molecular weight excluding hydrogens is 216 g/mol. The molecule has 80 valence electrons. The lowest BCUT2D eigenvalue weighted by Gasteiger charge is -2.31. The van der Waals surface area contributed by atoms with Gasteiger partial charge in [-0.1, -0.05) is 17.7 Å². The summed E-state index contributed by atoms with van der Waals surface area (Å²) in [6.07, 6.45) is 0. The topological polar surface area (TPSA) is 52.6 Å². The number of halogens is 1. The molecule has 0 spiro atoms. The second-order valence-electron chi connectivity index (χ2n) is 3.38. The van der Waals surface area contributed by atoms with Crippen molar-refractivity contribution in [3.63, 3.8) is 0 Å². The van der Waals surface area contributed by atoms with Crippen LogP contribution in [0.15, 0.2) is 18.2 Å². The Labute approximate surface area is 92.5 Å². The van der Waals surface area contributed by atoms with Crippen molar-refractivity contribution >= 4 is 28.9 Å². The molecule has 15 heavy (non-hydrogen) atoms. The predicted molar refractivity (Wildman–Crippen MR) is 59.8 cm³/mol. The largest absolute Gasteiger partial charge is 0.480 e. The average Bonchev–Trinajstić information content (AvgIpc) is 2.19. The fraction of sp³-hybridized carbons (Fsp3) is 0.300. The van der Waals surface area contributed by atoms with Crippen molar-refractivity contribution in [1.82, 2.24) is 0 Å². The summed E-state index contributed by atoms with van der Waals surface area (Å²) in [4.78, 5) is 12.5. The van der Waals surface area contributed by atoms with Crippen molar-refractivity contribution in [2.75, 3.05) is 29.9 Å². The highest BCUT2D eigenvalue weighted by Crippen LogP contribution is 2.34. The van der Waals surface area contributed by atoms with Crippen molar-refractivity contribution in [3.8, 4) is 0 Å². The van der Waals surface area contributed by atoms with Gasteiger partial charge in [0.1, 0.15) is 6.54 Å². The molecule has 1 aromatic carbocycles. The van der Waals surface area contributed by atoms with Crippen LogP contribution in [0.4, 0.5) is 11.4 Å². The molecule has 2 rings (SSSR count). The lowest BCUT2D eigenvalue weighted by atomic mass is 10.2. The van der Waals surface area contributed by atoms with Gasteiger partial charge in [0.05, 0.1) is 16.4 Å². The molecule has 1 aromatic rings. The van der Waals surface area contributed by atoms with E-state index in [4.69, 9.17) is 16.7 Å². The van der Waals surface area contributed by atoms with Crippen LogP contribution in [-0.4, -0.2) is 30.7 Å². The molecule has 2 N–H and O–H groups in total. The third-order valence-electron chi connectivity index (χ3n) is 2.34. The van der Waals surface area contributed by atoms with Gasteiger partial charge in [-0.2, -0.15) is 0 Å². The Morgan fingerprint density at radius 1 is 1.60 bits per heavy atom. The number of aliphatic carboxylic acids is 1. The van der Waals surface area contributed by atoms with Gasteiger partial charge in [0.2, 0.25) is 0 Å². The number of anilines is 2. The maximum atomic E-state index is 10.7. The summed E-state index contributed by atoms with van der Waals surface area (Å²) >= 11 is 6.01. The molecule has 0 aromatic heterocycles. The van der Waals surface area contributed by atoms with Crippen molar-refractivity contribution in [1.29, 1.82) is 0 Å². The van der Waals surface area contributed by atoms with Gasteiger partial charge in [-0.25, -0.2) is 0 Å². The van der Waals surface area contributed by atoms with Gasteiger partial charge in [-0.15, -0.1) is 0 Å². The second-order valence-corrected chi connectivity index (χ2v) is 3.78. The van der Waals surface area contributed by atoms with Crippen LogP contribution in [0.1, 0.15) is 0 Å². The molecule has 0 saturated carbocycles. The summed E-state index contributed by atoms with van der Waals surface area (Å²) < 4.78 is 0. The Bertz CT molecular complexity index is 395. The van der Waals surface area contributed by atoms with Gasteiger partial charge in [0.25, 0.3) is 0 Å². The zero-order valence-electron chi connectivity index (χ0n) is 8.03. The number of nitrogens with one attached hydrogen (secondary N) is 1. The number of nitrogens with zero attached hydrogens (tertiary/aromatic N) is 1. The van der Waals surface area contributed by atoms with Crippen LogP contribution in [0, 0.1) is 0 Å². The second kappa shape index (κ2) is 3.98. The van der Waals surface area contributed by atoms with E-state index in [0.29, 0.717) is 18.1 Å². The molecule has 0 unspecified atom stereocenters. The summed E-state index contributed by atoms with van der Waals surface area (Å²) in [5.74, 6) is -0.831. The zero-order chi connectivity index (χ0) is 10.8. The summed E-state index contributed by atoms with van der Waals surface area (Å²) in [6, 6.07) is 5.48. The predicted octanol–water partition coefficient (Wildman–Crippen LogP) is 1.66. The molecule has 4 nitrogen and oxygen atoms in total. The standard InChI is InChI=1S/C10H11ClN2O2/c11-7-2-1-3-8-10(7)12-4-5-13(8)6-9(14)15/h1-3,12H,4-6H2,(H,14,15). The number of rotatable bonds is 2. The zero-order valence-corrected chi connectivity index (χ0v) is 8.79. The van der Waals surface area contributed by atoms with Crippen LogP contribution in [0.2, 0.25) is 5.02 Å². The molecule has 0 saturated heterocycles. The molecule has 0 radical (unpaired) electrons. The minimum atomic E-state index is -0.831. The fourth-order valence-electron chi connectivity index (χ4n) is 1.72. The van der Waals surface area contributed by atoms with E-state index in [1.54, 1.807) is 11.0 Å². The molecule has 0 atom stereocenters. The lowest BCUT2D eigenvalue weighted by molar-refractivity contribution is -0.135. The highest BCUT2D eigenvalue weighted by Gasteiger charge is 2.19. The molecule has 0 fully saturated rings. The molecule has 0 bridgehead atoms. The molecule has 0 aliphatic carbocycles. The van der Waals surface area contributed by atoms with Gasteiger partial charge in [0.15, 0.2) is 0 Å². The Morgan fingerprint density at radius 2 is 2.40 bits per heavy atom. The molecule has 5 heteroatoms. The number of benzene rings is 1. The fourth-order valence-corrected chi connectivity index (χ4v) is 1.95. The summed E-state index contributed by atoms with van der Waals surface area (Å²) in [6.45, 7) is 1.40. The van der Waals surface area contributed by atoms with Crippen molar-refractivity contribution in [2.45, 2.75) is 0 Å². The van der Waals surface area contributed by atoms with E-state index in [0.717, 1.165) is 11.4 Å². The third-order valence-corrected chi connectivity index (χ3v) is 2.66. The van der Waals surface area contributed by atoms with E-state index >= 15 is 0 Å². The van der Waals surface area contributed by atoms with E-state index in [-0.39, 0.29) is 6.54 Å². The SMILES string of the molecule is O=C(O)CN1CCNc2c(Cl)cccc21. The van der Waals surface area contributed by atoms with Crippen LogP contribution in [-0.2, 0) is 4.79 Å². The van der Waals surface area contributed by atoms with Crippen molar-refractivity contribution < 1.29 is 9.90 Å². The highest BCUT2D eigenvalue weighted by molar-refractivity contribution is 6.34. The maximum Gasteiger partial charge on any atom is 0.323 e. The smallest absolute Gasteiger partial charge is 0.323 e. The number of carboxylic acid groups (broad SMARTS) is 1. The first-order chi connectivity index (χ1) is 7.18. The summed E-state index contributed by atoms with van der Waals surface area (Å²) in [7, 11) is 0. The van der Waals surface area contributed by atoms with Gasteiger partial charge in [0, 0.05) is 13.1 Å². The molecule has 1 aliphatic heterocycles. The van der Waals surface area contributed by atoms with E-state index < -0.39 is 5.97 Å². The van der Waals surface area contributed by atoms with Crippen LogP contribution < -0.4 is 10.2 Å². The monoisotopic (exact) mass is 226 g/mol. The molecular formula is C10H11ClN2O2. The first-order valence-corrected chi connectivity index (χ1v) is 5.05. The molecule has 1 heterocycles. The number of hydrogen-bond donors (Lipinski definition) is 2. The number of para-hydroxylation sites is 1. The highest BCUT2D eigenvalue weighted by atomic mass is 35.5. The van der Waals surface area contributed by atoms with E-state index in [2.05, 4.69) is 5.32 Å². The number of fused-ring (bicyclic) bond motifs is 1. The average molecular weight is 227 g/mol. The van der Waals surface area contributed by atoms with Gasteiger partial charge in [-0.3, -0.25) is 4.79 Å². The van der Waals surface area contributed by atoms with Gasteiger partial charge < -0.3 is 15.3 Å². The summed E-state index contributed by atoms with van der Waals surface area (Å²) in [5, 5.41) is 12.6. The van der Waals surface area contributed by atoms with Crippen LogP contribution in [0.25, 0.3) is 0 Å². The Morgan fingerprint density at radius 3 is 3.13 bits per heavy atom. The molecule has 1 aliphatic rings. The van der Waals surface area contributed by atoms with Crippen LogP contribution in [0.3, 0.4) is 0 Å². The van der Waals surface area contributed by atoms with Gasteiger partial charge >= 0.3 is 5.97 Å². The summed E-state index contributed by atoms with van der Waals surface area (Å²) in [5.41, 5.74) is 1.68. The number of carboxylic acids is 1. The Balaban J connectivity index is 2.34. The normalized spacial score (nSPS) is 14.3. The number of hydrogen-bond acceptors (Lipinski definition) is 3.